The third-order valence-corrected chi connectivity index (χ3v) is 8.24. The summed E-state index contributed by atoms with van der Waals surface area (Å²) in [4.78, 5) is 24.8. The minimum Gasteiger partial charge on any atom is -0.505 e. The highest BCUT2D eigenvalue weighted by Gasteiger charge is 2.49. The molecule has 2 aromatic carbocycles. The van der Waals surface area contributed by atoms with E-state index in [1.165, 1.54) is 18.2 Å². The molecule has 9 nitrogen and oxygen atoms in total. The number of carbonyl (C=O) groups is 1. The third-order valence-electron chi connectivity index (χ3n) is 8.24. The monoisotopic (exact) mass is 534 g/mol. The van der Waals surface area contributed by atoms with Crippen molar-refractivity contribution in [2.24, 2.45) is 0 Å². The van der Waals surface area contributed by atoms with Crippen LogP contribution in [0, 0.1) is 11.6 Å². The van der Waals surface area contributed by atoms with Crippen molar-refractivity contribution in [3.05, 3.63) is 52.9 Å². The highest BCUT2D eigenvalue weighted by molar-refractivity contribution is 5.94. The number of aryl methyl sites for hydroxylation is 1. The van der Waals surface area contributed by atoms with E-state index in [2.05, 4.69) is 25.1 Å². The molecule has 1 spiro atoms. The van der Waals surface area contributed by atoms with Crippen molar-refractivity contribution in [2.75, 3.05) is 32.8 Å². The molecule has 0 aliphatic carbocycles. The van der Waals surface area contributed by atoms with Crippen LogP contribution in [0.25, 0.3) is 33.5 Å². The van der Waals surface area contributed by atoms with Crippen LogP contribution in [0.15, 0.2) is 24.3 Å². The number of aromatic nitrogens is 4. The Morgan fingerprint density at radius 3 is 2.77 bits per heavy atom. The zero-order chi connectivity index (χ0) is 26.9. The Labute approximate surface area is 222 Å². The highest BCUT2D eigenvalue weighted by Crippen LogP contribution is 2.37. The molecule has 5 heterocycles. The van der Waals surface area contributed by atoms with Crippen molar-refractivity contribution in [3.8, 4) is 28.4 Å². The van der Waals surface area contributed by atoms with Gasteiger partial charge in [-0.05, 0) is 47.4 Å². The fourth-order valence-corrected chi connectivity index (χ4v) is 6.03. The number of imidazole rings is 1. The Hall–Kier alpha value is -3.83. The number of halogens is 2. The van der Waals surface area contributed by atoms with Crippen LogP contribution in [0.1, 0.15) is 30.3 Å². The number of ether oxygens (including phenoxy) is 1. The number of fused-ring (bicyclic) bond motifs is 2. The van der Waals surface area contributed by atoms with Crippen LogP contribution in [0.5, 0.6) is 5.75 Å². The quantitative estimate of drug-likeness (QED) is 0.362. The van der Waals surface area contributed by atoms with E-state index in [0.29, 0.717) is 66.2 Å². The second kappa shape index (κ2) is 8.85. The van der Waals surface area contributed by atoms with Crippen LogP contribution in [-0.4, -0.2) is 79.4 Å². The molecular weight excluding hydrogens is 506 g/mol. The molecule has 2 fully saturated rings. The number of amides is 1. The smallest absolute Gasteiger partial charge is 0.237 e. The van der Waals surface area contributed by atoms with Gasteiger partial charge in [0.15, 0.2) is 17.4 Å². The summed E-state index contributed by atoms with van der Waals surface area (Å²) in [6, 6.07) is 5.66. The lowest BCUT2D eigenvalue weighted by molar-refractivity contribution is -0.221. The molecular formula is C28H28F2N6O3. The molecule has 202 valence electrons. The normalized spacial score (nSPS) is 18.3. The van der Waals surface area contributed by atoms with Gasteiger partial charge in [-0.3, -0.25) is 14.8 Å². The summed E-state index contributed by atoms with van der Waals surface area (Å²) < 4.78 is 35.3. The van der Waals surface area contributed by atoms with Gasteiger partial charge >= 0.3 is 0 Å². The molecule has 7 rings (SSSR count). The summed E-state index contributed by atoms with van der Waals surface area (Å²) in [7, 11) is 0. The molecule has 0 radical (unpaired) electrons. The minimum atomic E-state index is -0.761. The van der Waals surface area contributed by atoms with Crippen molar-refractivity contribution < 1.29 is 23.4 Å². The van der Waals surface area contributed by atoms with E-state index in [1.54, 1.807) is 6.07 Å². The van der Waals surface area contributed by atoms with Crippen LogP contribution in [-0.2, 0) is 28.9 Å². The number of carbonyl (C=O) groups excluding carboxylic acids is 1. The SMILES string of the molecule is CCc1cc(O)c(F)cc1-c1cc(F)c2c(-c3nc4c([nH]3)CN(C(=O)CN3CC5(CCO5)C3)CC4)n[nH]c2c1. The Bertz CT molecular complexity index is 1620. The van der Waals surface area contributed by atoms with Crippen molar-refractivity contribution in [1.29, 1.82) is 0 Å². The van der Waals surface area contributed by atoms with Crippen LogP contribution < -0.4 is 0 Å². The van der Waals surface area contributed by atoms with Crippen LogP contribution in [0.3, 0.4) is 0 Å². The van der Waals surface area contributed by atoms with Gasteiger partial charge in [-0.2, -0.15) is 5.10 Å². The van der Waals surface area contributed by atoms with Gasteiger partial charge in [0.1, 0.15) is 11.5 Å². The van der Waals surface area contributed by atoms with Gasteiger partial charge in [0, 0.05) is 32.5 Å². The molecule has 1 amide bonds. The Morgan fingerprint density at radius 1 is 1.21 bits per heavy atom. The first-order chi connectivity index (χ1) is 18.8. The third kappa shape index (κ3) is 3.99. The number of likely N-dealkylation sites (tertiary alicyclic amines) is 1. The summed E-state index contributed by atoms with van der Waals surface area (Å²) in [5.41, 5.74) is 4.16. The molecule has 0 atom stereocenters. The molecule has 39 heavy (non-hydrogen) atoms. The van der Waals surface area contributed by atoms with Crippen molar-refractivity contribution in [3.63, 3.8) is 0 Å². The second-order valence-corrected chi connectivity index (χ2v) is 10.8. The molecule has 2 aromatic heterocycles. The topological polar surface area (TPSA) is 110 Å². The predicted octanol–water partition coefficient (Wildman–Crippen LogP) is 3.53. The van der Waals surface area contributed by atoms with Crippen LogP contribution in [0.2, 0.25) is 0 Å². The molecule has 0 bridgehead atoms. The first kappa shape index (κ1) is 24.2. The number of phenols is 1. The summed E-state index contributed by atoms with van der Waals surface area (Å²) in [6.45, 7) is 5.69. The minimum absolute atomic E-state index is 0.00542. The Kier molecular flexibility index (Phi) is 5.50. The number of nitrogens with one attached hydrogen (secondary N) is 2. The highest BCUT2D eigenvalue weighted by atomic mass is 19.1. The molecule has 0 saturated carbocycles. The van der Waals surface area contributed by atoms with Crippen molar-refractivity contribution in [2.45, 2.75) is 38.3 Å². The maximum absolute atomic E-state index is 15.5. The van der Waals surface area contributed by atoms with E-state index in [1.807, 2.05) is 11.8 Å². The number of aromatic hydroxyl groups is 1. The number of aromatic amines is 2. The van der Waals surface area contributed by atoms with E-state index in [9.17, 15) is 14.3 Å². The lowest BCUT2D eigenvalue weighted by Crippen LogP contribution is -2.69. The van der Waals surface area contributed by atoms with Gasteiger partial charge in [0.05, 0.1) is 47.6 Å². The van der Waals surface area contributed by atoms with E-state index in [-0.39, 0.29) is 16.9 Å². The zero-order valence-electron chi connectivity index (χ0n) is 21.5. The van der Waals surface area contributed by atoms with Gasteiger partial charge in [-0.25, -0.2) is 13.8 Å². The van der Waals surface area contributed by atoms with Crippen molar-refractivity contribution in [1.82, 2.24) is 30.0 Å². The van der Waals surface area contributed by atoms with Gasteiger partial charge in [-0.1, -0.05) is 6.92 Å². The van der Waals surface area contributed by atoms with Crippen LogP contribution in [0.4, 0.5) is 8.78 Å². The average molecular weight is 535 g/mol. The number of hydrogen-bond donors (Lipinski definition) is 3. The molecule has 11 heteroatoms. The van der Waals surface area contributed by atoms with Crippen molar-refractivity contribution >= 4 is 16.8 Å². The number of phenolic OH excluding ortho intramolecular Hbond substituents is 1. The molecule has 4 aromatic rings. The number of benzene rings is 2. The molecule has 2 saturated heterocycles. The standard InChI is InChI=1S/C28H28F2N6O3/c1-2-15-9-23(37)18(29)10-17(15)16-7-19(30)25-21(8-16)33-34-26(25)27-31-20-3-5-36(11-22(20)32-27)24(38)12-35-13-28(14-35)4-6-39-28/h7-10,37H,2-6,11-14H2,1H3,(H,31,32)(H,33,34). The first-order valence-electron chi connectivity index (χ1n) is 13.2. The summed E-state index contributed by atoms with van der Waals surface area (Å²) in [5, 5.41) is 17.3. The second-order valence-electron chi connectivity index (χ2n) is 10.8. The zero-order valence-corrected chi connectivity index (χ0v) is 21.5. The van der Waals surface area contributed by atoms with Gasteiger partial charge in [-0.15, -0.1) is 0 Å². The molecule has 0 unspecified atom stereocenters. The fourth-order valence-electron chi connectivity index (χ4n) is 6.03. The molecule has 3 N–H and O–H groups in total. The largest absolute Gasteiger partial charge is 0.505 e. The van der Waals surface area contributed by atoms with Gasteiger partial charge in [0.2, 0.25) is 5.91 Å². The van der Waals surface area contributed by atoms with E-state index in [0.717, 1.165) is 37.5 Å². The Balaban J connectivity index is 1.13. The maximum atomic E-state index is 15.5. The van der Waals surface area contributed by atoms with Crippen LogP contribution >= 0.6 is 0 Å². The van der Waals surface area contributed by atoms with Gasteiger partial charge < -0.3 is 19.7 Å². The lowest BCUT2D eigenvalue weighted by Gasteiger charge is -2.55. The number of H-pyrrole nitrogens is 2. The number of nitrogens with zero attached hydrogens (tertiary/aromatic N) is 4. The van der Waals surface area contributed by atoms with E-state index in [4.69, 9.17) is 4.74 Å². The fraction of sp³-hybridized carbons (Fsp3) is 0.393. The summed E-state index contributed by atoms with van der Waals surface area (Å²) >= 11 is 0. The number of hydrogen-bond acceptors (Lipinski definition) is 6. The average Bonchev–Trinajstić information content (AvgIpc) is 3.49. The first-order valence-corrected chi connectivity index (χ1v) is 13.2. The predicted molar refractivity (Wildman–Crippen MR) is 139 cm³/mol. The molecule has 3 aliphatic rings. The lowest BCUT2D eigenvalue weighted by atomic mass is 9.86. The van der Waals surface area contributed by atoms with E-state index < -0.39 is 17.4 Å². The number of rotatable bonds is 5. The Morgan fingerprint density at radius 2 is 2.03 bits per heavy atom. The summed E-state index contributed by atoms with van der Waals surface area (Å²) in [6.07, 6.45) is 2.22. The maximum Gasteiger partial charge on any atom is 0.237 e. The molecule has 3 aliphatic heterocycles. The van der Waals surface area contributed by atoms with Gasteiger partial charge in [0.25, 0.3) is 0 Å². The summed E-state index contributed by atoms with van der Waals surface area (Å²) in [5.74, 6) is -1.20. The van der Waals surface area contributed by atoms with E-state index >= 15 is 4.39 Å².